The smallest absolute Gasteiger partial charge is 0.0496 e. The highest BCUT2D eigenvalue weighted by Gasteiger charge is 2.50. The molecule has 0 bridgehead atoms. The quantitative estimate of drug-likeness (QED) is 0.609. The average Bonchev–Trinajstić information content (AvgIpc) is 2.94. The Morgan fingerprint density at radius 3 is 2.36 bits per heavy atom. The van der Waals surface area contributed by atoms with Crippen molar-refractivity contribution in [3.8, 4) is 0 Å². The molecule has 148 valence electrons. The molecule has 3 rings (SSSR count). The molecule has 3 fully saturated rings. The van der Waals surface area contributed by atoms with Crippen LogP contribution in [0, 0.1) is 28.6 Å². The first-order chi connectivity index (χ1) is 11.9. The first-order valence-corrected chi connectivity index (χ1v) is 10.8. The van der Waals surface area contributed by atoms with Gasteiger partial charge in [-0.1, -0.05) is 53.7 Å². The second-order valence-corrected chi connectivity index (χ2v) is 8.67. The Hall–Kier alpha value is -0.340. The molecule has 2 saturated carbocycles. The van der Waals surface area contributed by atoms with E-state index in [0.717, 1.165) is 37.5 Å². The maximum absolute atomic E-state index is 5.68. The van der Waals surface area contributed by atoms with Crippen LogP contribution in [0.15, 0.2) is 12.2 Å². The summed E-state index contributed by atoms with van der Waals surface area (Å²) >= 11 is 0. The summed E-state index contributed by atoms with van der Waals surface area (Å²) in [6, 6.07) is 0. The highest BCUT2D eigenvalue weighted by molar-refractivity contribution is 5.19. The van der Waals surface area contributed by atoms with Gasteiger partial charge in [0.25, 0.3) is 0 Å². The highest BCUT2D eigenvalue weighted by Crippen LogP contribution is 2.60. The normalized spacial score (nSPS) is 40.3. The predicted octanol–water partition coefficient (Wildman–Crippen LogP) is 6.07. The second kappa shape index (κ2) is 10.1. The Kier molecular flexibility index (Phi) is 9.18. The Morgan fingerprint density at radius 1 is 1.16 bits per heavy atom. The van der Waals surface area contributed by atoms with Crippen LogP contribution in [0.3, 0.4) is 0 Å². The van der Waals surface area contributed by atoms with Crippen LogP contribution in [-0.4, -0.2) is 26.8 Å². The Morgan fingerprint density at radius 2 is 1.80 bits per heavy atom. The standard InChI is InChI=1S/C18H30O.C3H9N.C2H6/c1-13-5-6-15-11-16(7-8-17(13,15)3)18(4)9-10-19-12-14(18)2;1-3-4-2;1-2/h14-16H,1,5-12H2,2-4H3;4H,3H2,1-2H3;1-2H3/t14-,15?,16?,17+,18-;;/m0../s1. The average molecular weight is 352 g/mol. The summed E-state index contributed by atoms with van der Waals surface area (Å²) in [7, 11) is 1.93. The molecular formula is C23H45NO. The molecule has 1 heterocycles. The van der Waals surface area contributed by atoms with E-state index >= 15 is 0 Å². The number of hydrogen-bond acceptors (Lipinski definition) is 2. The van der Waals surface area contributed by atoms with Crippen molar-refractivity contribution >= 4 is 0 Å². The van der Waals surface area contributed by atoms with Gasteiger partial charge in [-0.2, -0.15) is 0 Å². The fraction of sp³-hybridized carbons (Fsp3) is 0.913. The maximum atomic E-state index is 5.68. The van der Waals surface area contributed by atoms with Gasteiger partial charge in [0.05, 0.1) is 0 Å². The summed E-state index contributed by atoms with van der Waals surface area (Å²) in [6.07, 6.45) is 8.17. The molecule has 0 aromatic rings. The lowest BCUT2D eigenvalue weighted by Crippen LogP contribution is -2.45. The molecule has 0 aromatic carbocycles. The number of allylic oxidation sites excluding steroid dienone is 1. The monoisotopic (exact) mass is 351 g/mol. The van der Waals surface area contributed by atoms with Crippen LogP contribution in [-0.2, 0) is 4.74 Å². The van der Waals surface area contributed by atoms with E-state index < -0.39 is 0 Å². The Balaban J connectivity index is 0.000000461. The van der Waals surface area contributed by atoms with Gasteiger partial charge in [-0.3, -0.25) is 0 Å². The zero-order valence-corrected chi connectivity index (χ0v) is 18.2. The number of nitrogens with one attached hydrogen (secondary N) is 1. The Labute approximate surface area is 158 Å². The van der Waals surface area contributed by atoms with E-state index in [1.54, 1.807) is 5.57 Å². The zero-order valence-electron chi connectivity index (χ0n) is 18.2. The third-order valence-corrected chi connectivity index (χ3v) is 7.65. The van der Waals surface area contributed by atoms with Crippen LogP contribution in [0.4, 0.5) is 0 Å². The topological polar surface area (TPSA) is 21.3 Å². The minimum Gasteiger partial charge on any atom is -0.381 e. The van der Waals surface area contributed by atoms with Gasteiger partial charge in [0, 0.05) is 13.2 Å². The molecule has 2 unspecified atom stereocenters. The SMILES string of the molecule is C=C1CCC2CC([C@@]3(C)CCOC[C@@H]3C)CC[C@]12C.CC.CCNC. The van der Waals surface area contributed by atoms with Crippen LogP contribution < -0.4 is 5.32 Å². The fourth-order valence-electron chi connectivity index (χ4n) is 5.13. The van der Waals surface area contributed by atoms with E-state index in [4.69, 9.17) is 4.74 Å². The summed E-state index contributed by atoms with van der Waals surface area (Å²) in [5.74, 6) is 2.54. The van der Waals surface area contributed by atoms with Gasteiger partial charge in [-0.05, 0) is 80.7 Å². The van der Waals surface area contributed by atoms with E-state index in [1.165, 1.54) is 38.5 Å². The molecule has 0 aromatic heterocycles. The molecule has 1 aliphatic heterocycles. The van der Waals surface area contributed by atoms with Crippen molar-refractivity contribution in [3.05, 3.63) is 12.2 Å². The molecule has 0 radical (unpaired) electrons. The molecule has 2 heteroatoms. The molecule has 2 nitrogen and oxygen atoms in total. The van der Waals surface area contributed by atoms with Gasteiger partial charge in [-0.25, -0.2) is 0 Å². The molecule has 5 atom stereocenters. The van der Waals surface area contributed by atoms with Gasteiger partial charge < -0.3 is 10.1 Å². The van der Waals surface area contributed by atoms with Crippen LogP contribution in [0.5, 0.6) is 0 Å². The third kappa shape index (κ3) is 4.89. The first kappa shape index (κ1) is 22.7. The molecule has 0 amide bonds. The second-order valence-electron chi connectivity index (χ2n) is 8.67. The van der Waals surface area contributed by atoms with E-state index in [-0.39, 0.29) is 0 Å². The molecule has 0 spiro atoms. The van der Waals surface area contributed by atoms with Gasteiger partial charge >= 0.3 is 0 Å². The lowest BCUT2D eigenvalue weighted by molar-refractivity contribution is -0.0772. The summed E-state index contributed by atoms with van der Waals surface area (Å²) in [6.45, 7) is 20.9. The molecule has 1 saturated heterocycles. The van der Waals surface area contributed by atoms with E-state index in [0.29, 0.717) is 10.8 Å². The summed E-state index contributed by atoms with van der Waals surface area (Å²) in [5, 5.41) is 2.93. The van der Waals surface area contributed by atoms with Gasteiger partial charge in [0.15, 0.2) is 0 Å². The number of ether oxygens (including phenoxy) is 1. The van der Waals surface area contributed by atoms with Crippen LogP contribution >= 0.6 is 0 Å². The largest absolute Gasteiger partial charge is 0.381 e. The van der Waals surface area contributed by atoms with Crippen LogP contribution in [0.1, 0.15) is 80.1 Å². The lowest BCUT2D eigenvalue weighted by atomic mass is 9.55. The highest BCUT2D eigenvalue weighted by atomic mass is 16.5. The van der Waals surface area contributed by atoms with Crippen molar-refractivity contribution in [3.63, 3.8) is 0 Å². The van der Waals surface area contributed by atoms with Crippen molar-refractivity contribution in [2.45, 2.75) is 80.1 Å². The molecule has 3 aliphatic rings. The van der Waals surface area contributed by atoms with Crippen molar-refractivity contribution in [2.75, 3.05) is 26.8 Å². The van der Waals surface area contributed by atoms with Crippen LogP contribution in [0.25, 0.3) is 0 Å². The van der Waals surface area contributed by atoms with Crippen molar-refractivity contribution in [1.29, 1.82) is 0 Å². The molecule has 25 heavy (non-hydrogen) atoms. The molecule has 2 aliphatic carbocycles. The van der Waals surface area contributed by atoms with Gasteiger partial charge in [0.1, 0.15) is 0 Å². The van der Waals surface area contributed by atoms with Gasteiger partial charge in [-0.15, -0.1) is 0 Å². The minimum atomic E-state index is 0.473. The van der Waals surface area contributed by atoms with E-state index in [1.807, 2.05) is 20.9 Å². The Bertz CT molecular complexity index is 405. The van der Waals surface area contributed by atoms with E-state index in [9.17, 15) is 0 Å². The fourth-order valence-corrected chi connectivity index (χ4v) is 5.13. The van der Waals surface area contributed by atoms with Gasteiger partial charge in [0.2, 0.25) is 0 Å². The zero-order chi connectivity index (χ0) is 19.1. The summed E-state index contributed by atoms with van der Waals surface area (Å²) in [4.78, 5) is 0. The summed E-state index contributed by atoms with van der Waals surface area (Å²) < 4.78 is 5.68. The van der Waals surface area contributed by atoms with Crippen molar-refractivity contribution < 1.29 is 4.74 Å². The molecule has 1 N–H and O–H groups in total. The number of rotatable bonds is 2. The summed E-state index contributed by atoms with van der Waals surface area (Å²) in [5.41, 5.74) is 2.53. The minimum absolute atomic E-state index is 0.473. The first-order valence-electron chi connectivity index (χ1n) is 10.8. The predicted molar refractivity (Wildman–Crippen MR) is 111 cm³/mol. The van der Waals surface area contributed by atoms with Crippen molar-refractivity contribution in [1.82, 2.24) is 5.32 Å². The number of fused-ring (bicyclic) bond motifs is 1. The van der Waals surface area contributed by atoms with E-state index in [2.05, 4.69) is 39.6 Å². The lowest BCUT2D eigenvalue weighted by Gasteiger charge is -2.51. The third-order valence-electron chi connectivity index (χ3n) is 7.65. The number of hydrogen-bond donors (Lipinski definition) is 1. The van der Waals surface area contributed by atoms with Crippen LogP contribution in [0.2, 0.25) is 0 Å². The van der Waals surface area contributed by atoms with Crippen molar-refractivity contribution in [2.24, 2.45) is 28.6 Å². The molecular weight excluding hydrogens is 306 g/mol. The maximum Gasteiger partial charge on any atom is 0.0496 e.